The summed E-state index contributed by atoms with van der Waals surface area (Å²) in [7, 11) is -1.48. The Bertz CT molecular complexity index is 6790. The van der Waals surface area contributed by atoms with Crippen LogP contribution < -0.4 is 22.2 Å². The van der Waals surface area contributed by atoms with E-state index in [1.807, 2.05) is 127 Å². The van der Waals surface area contributed by atoms with E-state index in [0.717, 1.165) is 103 Å². The second kappa shape index (κ2) is 31.6. The second-order valence-electron chi connectivity index (χ2n) is 28.6. The van der Waals surface area contributed by atoms with E-state index in [1.165, 1.54) is 77.9 Å². The van der Waals surface area contributed by atoms with Crippen LogP contribution >= 0.6 is 31.9 Å². The number of anilines is 4. The monoisotopic (exact) mass is 1610 g/mol. The maximum Gasteiger partial charge on any atom is 0.489 e. The number of nitrogens with one attached hydrogen (secondary N) is 1. The molecule has 8 nitrogen and oxygen atoms in total. The molecule has 0 aliphatic heterocycles. The molecule has 11 heteroatoms. The van der Waals surface area contributed by atoms with Gasteiger partial charge in [-0.25, -0.2) is 0 Å². The van der Waals surface area contributed by atoms with Gasteiger partial charge in [-0.05, 0) is 180 Å². The second-order valence-corrected chi connectivity index (χ2v) is 30.3. The zero-order chi connectivity index (χ0) is 78.0. The van der Waals surface area contributed by atoms with Gasteiger partial charge in [-0.1, -0.05) is 341 Å². The molecule has 2 aliphatic rings. The predicted octanol–water partition coefficient (Wildman–Crippen LogP) is 26.3. The molecule has 20 aromatic rings. The van der Waals surface area contributed by atoms with Crippen molar-refractivity contribution in [3.05, 3.63) is 460 Å². The van der Waals surface area contributed by atoms with Crippen molar-refractivity contribution in [1.82, 2.24) is 0 Å². The van der Waals surface area contributed by atoms with E-state index < -0.39 is 12.5 Å². The lowest BCUT2D eigenvalue weighted by Gasteiger charge is -2.33. The Labute approximate surface area is 683 Å². The van der Waals surface area contributed by atoms with Crippen molar-refractivity contribution < 1.29 is 23.3 Å². The highest BCUT2D eigenvalue weighted by atomic mass is 79.9. The summed E-state index contributed by atoms with van der Waals surface area (Å²) in [5.41, 5.74) is 40.0. The number of benzene rings is 17. The van der Waals surface area contributed by atoms with Crippen molar-refractivity contribution in [2.75, 3.05) is 16.8 Å². The number of para-hydroxylation sites is 3. The van der Waals surface area contributed by atoms with Gasteiger partial charge in [-0.2, -0.15) is 0 Å². The number of hydrogen-bond donors (Lipinski definition) is 5. The molecule has 0 amide bonds. The molecule has 0 unspecified atom stereocenters. The zero-order valence-electron chi connectivity index (χ0n) is 62.3. The van der Waals surface area contributed by atoms with E-state index in [9.17, 15) is 10.0 Å². The molecule has 0 bridgehead atoms. The summed E-state index contributed by atoms with van der Waals surface area (Å²) in [5, 5.41) is 28.7. The van der Waals surface area contributed by atoms with Crippen molar-refractivity contribution in [3.63, 3.8) is 0 Å². The molecule has 3 heterocycles. The molecule has 0 fully saturated rings. The lowest BCUT2D eigenvalue weighted by atomic mass is 9.68. The van der Waals surface area contributed by atoms with Crippen LogP contribution in [0.1, 0.15) is 44.5 Å². The third-order valence-electron chi connectivity index (χ3n) is 22.0. The molecule has 3 aromatic heterocycles. The van der Waals surface area contributed by atoms with Gasteiger partial charge in [0.05, 0.1) is 10.8 Å². The van der Waals surface area contributed by atoms with Crippen LogP contribution in [0, 0.1) is 0 Å². The maximum atomic E-state index is 9.31. The van der Waals surface area contributed by atoms with Crippen LogP contribution in [-0.4, -0.2) is 17.2 Å². The SMILES string of the molecule is Brc1cccc2c1-c1ccccc1C2(c1ccccc1)c1ccccc1.Nc1ccc(-c2cccc3oc4ccccc4c23)cc1.Nc1ccc(Br)cc1.OB(O)c1cccc2oc3ccccc3c12.c1ccc(C2(c3ccccc3)c3ccccc3-c3c(Nc4ccc(-c5cccc6oc7ccccc7c56)cc4)cccc32)cc1. The van der Waals surface area contributed by atoms with Crippen LogP contribution in [0.25, 0.3) is 110 Å². The highest BCUT2D eigenvalue weighted by Gasteiger charge is 2.48. The van der Waals surface area contributed by atoms with E-state index >= 15 is 0 Å². The zero-order valence-corrected chi connectivity index (χ0v) is 65.5. The molecule has 115 heavy (non-hydrogen) atoms. The van der Waals surface area contributed by atoms with Crippen LogP contribution in [0.3, 0.4) is 0 Å². The number of furan rings is 3. The summed E-state index contributed by atoms with van der Waals surface area (Å²) in [4.78, 5) is 0. The summed E-state index contributed by atoms with van der Waals surface area (Å²) in [6.07, 6.45) is 0. The highest BCUT2D eigenvalue weighted by Crippen LogP contribution is 2.60. The van der Waals surface area contributed by atoms with E-state index in [0.29, 0.717) is 11.0 Å². The minimum atomic E-state index is -1.48. The largest absolute Gasteiger partial charge is 0.489 e. The third kappa shape index (κ3) is 13.4. The minimum absolute atomic E-state index is 0.293. The van der Waals surface area contributed by atoms with Crippen LogP contribution in [0.15, 0.2) is 429 Å². The van der Waals surface area contributed by atoms with Crippen molar-refractivity contribution in [3.8, 4) is 44.5 Å². The molecule has 0 spiro atoms. The molecule has 0 saturated carbocycles. The number of hydrogen-bond acceptors (Lipinski definition) is 8. The smallest absolute Gasteiger partial charge is 0.456 e. The standard InChI is InChI=1S/C43H29NO.C25H17Br.C18H13NO.C12H9BO3.C6H6BrN/c1-3-13-30(14-4-1)43(31-15-5-2-6-16-31)36-20-9-7-17-34(36)42-37(43)21-12-22-38(42)44-32-27-25-29(26-28-32)33-19-11-24-40-41(33)35-18-8-10-23-39(35)45-40;26-23-17-9-16-22-24(23)20-14-7-8-15-21(20)25(22,18-10-3-1-4-11-18)19-12-5-2-6-13-19;19-13-10-8-12(9-11-13)14-5-3-7-17-18(14)15-4-1-2-6-16(15)20-17;14-13(15)9-5-3-7-11-12(9)8-4-1-2-6-10(8)16-11;7-5-1-3-6(8)4-2-5/h1-28,44H;1-17H;1-11H,19H2;1-7,14-15H;1-4H,8H2. The first-order chi connectivity index (χ1) is 56.5. The number of nitrogen functional groups attached to an aromatic ring is 2. The van der Waals surface area contributed by atoms with Gasteiger partial charge in [0.25, 0.3) is 0 Å². The average molecular weight is 1620 g/mol. The van der Waals surface area contributed by atoms with Gasteiger partial charge in [0.2, 0.25) is 0 Å². The van der Waals surface area contributed by atoms with Crippen molar-refractivity contribution in [1.29, 1.82) is 0 Å². The summed E-state index contributed by atoms with van der Waals surface area (Å²) in [6, 6.07) is 140. The quantitative estimate of drug-likeness (QED) is 0.0710. The molecule has 17 aromatic carbocycles. The third-order valence-corrected chi connectivity index (χ3v) is 23.2. The number of halogens is 2. The maximum absolute atomic E-state index is 9.31. The van der Waals surface area contributed by atoms with E-state index in [-0.39, 0.29) is 5.41 Å². The van der Waals surface area contributed by atoms with Gasteiger partial charge in [-0.3, -0.25) is 0 Å². The van der Waals surface area contributed by atoms with Gasteiger partial charge in [0.15, 0.2) is 0 Å². The van der Waals surface area contributed by atoms with Gasteiger partial charge in [0, 0.05) is 75.1 Å². The molecular formula is C104H74BBr2N3O5. The van der Waals surface area contributed by atoms with E-state index in [4.69, 9.17) is 24.7 Å². The Balaban J connectivity index is 0.000000111. The van der Waals surface area contributed by atoms with Crippen molar-refractivity contribution in [2.45, 2.75) is 10.8 Å². The van der Waals surface area contributed by atoms with Crippen molar-refractivity contribution >= 4 is 133 Å². The lowest BCUT2D eigenvalue weighted by molar-refractivity contribution is 0.426. The van der Waals surface area contributed by atoms with Crippen LogP contribution in [0.2, 0.25) is 0 Å². The highest BCUT2D eigenvalue weighted by molar-refractivity contribution is 9.10. The van der Waals surface area contributed by atoms with Gasteiger partial charge >= 0.3 is 7.12 Å². The van der Waals surface area contributed by atoms with Gasteiger partial charge in [-0.15, -0.1) is 0 Å². The minimum Gasteiger partial charge on any atom is -0.456 e. The summed E-state index contributed by atoms with van der Waals surface area (Å²) in [5.74, 6) is 0. The average Bonchev–Trinajstić information content (AvgIpc) is 1.54. The van der Waals surface area contributed by atoms with Crippen LogP contribution in [0.5, 0.6) is 0 Å². The van der Waals surface area contributed by atoms with Gasteiger partial charge in [0.1, 0.15) is 33.5 Å². The Morgan fingerprint density at radius 2 is 0.609 bits per heavy atom. The number of nitrogens with two attached hydrogens (primary N) is 2. The molecule has 22 rings (SSSR count). The van der Waals surface area contributed by atoms with Crippen LogP contribution in [-0.2, 0) is 10.8 Å². The number of rotatable bonds is 9. The topological polar surface area (TPSA) is 144 Å². The summed E-state index contributed by atoms with van der Waals surface area (Å²) >= 11 is 7.10. The molecule has 2 aliphatic carbocycles. The molecule has 0 atom stereocenters. The summed E-state index contributed by atoms with van der Waals surface area (Å²) in [6.45, 7) is 0. The fraction of sp³-hybridized carbons (Fsp3) is 0.0192. The molecule has 0 radical (unpaired) electrons. The Morgan fingerprint density at radius 3 is 1.06 bits per heavy atom. The first-order valence-electron chi connectivity index (χ1n) is 38.2. The Hall–Kier alpha value is -13.5. The van der Waals surface area contributed by atoms with E-state index in [1.54, 1.807) is 12.1 Å². The van der Waals surface area contributed by atoms with Gasteiger partial charge < -0.3 is 40.1 Å². The number of fused-ring (bicyclic) bond motifs is 15. The molecular weight excluding hydrogens is 1540 g/mol. The molecule has 7 N–H and O–H groups in total. The van der Waals surface area contributed by atoms with Crippen LogP contribution in [0.4, 0.5) is 22.7 Å². The normalized spacial score (nSPS) is 12.4. The lowest BCUT2D eigenvalue weighted by Crippen LogP contribution is -2.30. The fourth-order valence-corrected chi connectivity index (χ4v) is 18.0. The first kappa shape index (κ1) is 73.0. The Kier molecular flexibility index (Phi) is 20.0. The Morgan fingerprint density at radius 1 is 0.278 bits per heavy atom. The summed E-state index contributed by atoms with van der Waals surface area (Å²) < 4.78 is 19.9. The fourth-order valence-electron chi connectivity index (χ4n) is 17.1. The first-order valence-corrected chi connectivity index (χ1v) is 39.8. The van der Waals surface area contributed by atoms with E-state index in [2.05, 4.69) is 304 Å². The van der Waals surface area contributed by atoms with Crippen molar-refractivity contribution in [2.24, 2.45) is 0 Å². The molecule has 0 saturated heterocycles. The molecule has 552 valence electrons. The predicted molar refractivity (Wildman–Crippen MR) is 483 cm³/mol.